The van der Waals surface area contributed by atoms with Crippen molar-refractivity contribution in [2.45, 2.75) is 44.2 Å². The fraction of sp³-hybridized carbons (Fsp3) is 0.350. The number of alkyl halides is 1. The molecule has 146 valence electrons. The van der Waals surface area contributed by atoms with Gasteiger partial charge in [0.05, 0.1) is 0 Å². The van der Waals surface area contributed by atoms with Crippen LogP contribution in [0.4, 0.5) is 11.4 Å². The first-order chi connectivity index (χ1) is 12.6. The highest BCUT2D eigenvalue weighted by molar-refractivity contribution is 7.95. The number of aryl methyl sites for hydroxylation is 1. The van der Waals surface area contributed by atoms with E-state index in [0.29, 0.717) is 16.9 Å². The van der Waals surface area contributed by atoms with E-state index in [4.69, 9.17) is 11.6 Å². The average molecular weight is 409 g/mol. The highest BCUT2D eigenvalue weighted by Crippen LogP contribution is 2.24. The SMILES string of the molecule is CCCCc1ccc(NC(=O)c2ccc(NS(=O)(=O)C(C)(C)Cl)cc2)cc1. The molecular weight excluding hydrogens is 384 g/mol. The number of amides is 1. The van der Waals surface area contributed by atoms with Gasteiger partial charge < -0.3 is 5.32 Å². The zero-order chi connectivity index (χ0) is 20.1. The van der Waals surface area contributed by atoms with Crippen molar-refractivity contribution < 1.29 is 13.2 Å². The first kappa shape index (κ1) is 21.3. The highest BCUT2D eigenvalue weighted by Gasteiger charge is 2.31. The predicted molar refractivity (Wildman–Crippen MR) is 112 cm³/mol. The molecule has 2 aromatic carbocycles. The number of halogens is 1. The molecular formula is C20H25ClN2O3S. The number of hydrogen-bond donors (Lipinski definition) is 2. The Morgan fingerprint density at radius 3 is 2.07 bits per heavy atom. The van der Waals surface area contributed by atoms with Gasteiger partial charge in [0, 0.05) is 16.9 Å². The lowest BCUT2D eigenvalue weighted by molar-refractivity contribution is 0.102. The van der Waals surface area contributed by atoms with Crippen molar-refractivity contribution in [2.24, 2.45) is 0 Å². The van der Waals surface area contributed by atoms with Gasteiger partial charge in [0.1, 0.15) is 0 Å². The molecule has 0 bridgehead atoms. The molecule has 0 aliphatic rings. The van der Waals surface area contributed by atoms with E-state index in [1.807, 2.05) is 24.3 Å². The zero-order valence-electron chi connectivity index (χ0n) is 15.8. The third kappa shape index (κ3) is 5.97. The first-order valence-corrected chi connectivity index (χ1v) is 10.7. The molecule has 7 heteroatoms. The summed E-state index contributed by atoms with van der Waals surface area (Å²) in [6, 6.07) is 14.0. The molecule has 0 saturated carbocycles. The summed E-state index contributed by atoms with van der Waals surface area (Å²) in [6.07, 6.45) is 3.32. The van der Waals surface area contributed by atoms with Crippen molar-refractivity contribution in [1.29, 1.82) is 0 Å². The lowest BCUT2D eigenvalue weighted by atomic mass is 10.1. The summed E-state index contributed by atoms with van der Waals surface area (Å²) >= 11 is 5.87. The van der Waals surface area contributed by atoms with Gasteiger partial charge in [0.2, 0.25) is 0 Å². The largest absolute Gasteiger partial charge is 0.322 e. The second-order valence-electron chi connectivity index (χ2n) is 6.80. The Bertz CT molecular complexity index is 871. The van der Waals surface area contributed by atoms with E-state index >= 15 is 0 Å². The van der Waals surface area contributed by atoms with E-state index in [1.54, 1.807) is 12.1 Å². The second kappa shape index (κ2) is 8.76. The molecule has 0 heterocycles. The molecule has 2 N–H and O–H groups in total. The maximum Gasteiger partial charge on any atom is 0.255 e. The smallest absolute Gasteiger partial charge is 0.255 e. The van der Waals surface area contributed by atoms with E-state index in [1.165, 1.54) is 31.5 Å². The molecule has 0 fully saturated rings. The summed E-state index contributed by atoms with van der Waals surface area (Å²) in [5, 5.41) is 2.83. The fourth-order valence-electron chi connectivity index (χ4n) is 2.31. The van der Waals surface area contributed by atoms with Crippen molar-refractivity contribution in [1.82, 2.24) is 0 Å². The van der Waals surface area contributed by atoms with Crippen LogP contribution in [0.1, 0.15) is 49.5 Å². The van der Waals surface area contributed by atoms with Crippen LogP contribution in [0.25, 0.3) is 0 Å². The lowest BCUT2D eigenvalue weighted by Crippen LogP contribution is -2.31. The number of rotatable bonds is 8. The van der Waals surface area contributed by atoms with Gasteiger partial charge in [0.15, 0.2) is 4.21 Å². The van der Waals surface area contributed by atoms with E-state index in [2.05, 4.69) is 17.0 Å². The molecule has 2 rings (SSSR count). The maximum absolute atomic E-state index is 12.4. The predicted octanol–water partition coefficient (Wildman–Crippen LogP) is 5.00. The molecule has 0 atom stereocenters. The number of anilines is 2. The van der Waals surface area contributed by atoms with Crippen molar-refractivity contribution >= 4 is 38.9 Å². The Morgan fingerprint density at radius 2 is 1.56 bits per heavy atom. The quantitative estimate of drug-likeness (QED) is 0.603. The van der Waals surface area contributed by atoms with E-state index in [0.717, 1.165) is 19.3 Å². The number of sulfonamides is 1. The van der Waals surface area contributed by atoms with E-state index in [9.17, 15) is 13.2 Å². The van der Waals surface area contributed by atoms with Crippen LogP contribution in [0, 0.1) is 0 Å². The molecule has 27 heavy (non-hydrogen) atoms. The van der Waals surface area contributed by atoms with Gasteiger partial charge >= 0.3 is 0 Å². The van der Waals surface area contributed by atoms with Crippen molar-refractivity contribution in [3.8, 4) is 0 Å². The second-order valence-corrected chi connectivity index (χ2v) is 10.2. The average Bonchev–Trinajstić information content (AvgIpc) is 2.60. The van der Waals surface area contributed by atoms with Crippen LogP contribution in [0.15, 0.2) is 48.5 Å². The van der Waals surface area contributed by atoms with Gasteiger partial charge in [-0.05, 0) is 68.7 Å². The Labute approximate surface area is 166 Å². The minimum atomic E-state index is -3.73. The van der Waals surface area contributed by atoms with Gasteiger partial charge in [0.25, 0.3) is 15.9 Å². The van der Waals surface area contributed by atoms with Gasteiger partial charge in [-0.25, -0.2) is 8.42 Å². The lowest BCUT2D eigenvalue weighted by Gasteiger charge is -2.18. The number of unbranched alkanes of at least 4 members (excludes halogenated alkanes) is 1. The molecule has 0 radical (unpaired) electrons. The van der Waals surface area contributed by atoms with Gasteiger partial charge in [-0.1, -0.05) is 25.5 Å². The maximum atomic E-state index is 12.4. The number of carbonyl (C=O) groups is 1. The normalized spacial score (nSPS) is 11.9. The zero-order valence-corrected chi connectivity index (χ0v) is 17.3. The van der Waals surface area contributed by atoms with E-state index in [-0.39, 0.29) is 5.91 Å². The molecule has 0 saturated heterocycles. The molecule has 2 aromatic rings. The van der Waals surface area contributed by atoms with Crippen molar-refractivity contribution in [3.05, 3.63) is 59.7 Å². The van der Waals surface area contributed by atoms with Crippen LogP contribution in [-0.4, -0.2) is 18.5 Å². The van der Waals surface area contributed by atoms with Crippen LogP contribution in [0.3, 0.4) is 0 Å². The van der Waals surface area contributed by atoms with Crippen LogP contribution >= 0.6 is 11.6 Å². The molecule has 0 unspecified atom stereocenters. The molecule has 5 nitrogen and oxygen atoms in total. The summed E-state index contributed by atoms with van der Waals surface area (Å²) in [6.45, 7) is 4.94. The topological polar surface area (TPSA) is 75.3 Å². The van der Waals surface area contributed by atoms with Gasteiger partial charge in [-0.15, -0.1) is 11.6 Å². The van der Waals surface area contributed by atoms with Crippen molar-refractivity contribution in [2.75, 3.05) is 10.0 Å². The third-order valence-corrected chi connectivity index (χ3v) is 6.46. The van der Waals surface area contributed by atoms with Gasteiger partial charge in [-0.2, -0.15) is 0 Å². The molecule has 0 spiro atoms. The number of carbonyl (C=O) groups excluding carboxylic acids is 1. The molecule has 0 aliphatic heterocycles. The Kier molecular flexibility index (Phi) is 6.89. The monoisotopic (exact) mass is 408 g/mol. The third-order valence-electron chi connectivity index (χ3n) is 4.07. The first-order valence-electron chi connectivity index (χ1n) is 8.84. The van der Waals surface area contributed by atoms with Crippen LogP contribution in [-0.2, 0) is 16.4 Å². The number of hydrogen-bond acceptors (Lipinski definition) is 3. The van der Waals surface area contributed by atoms with Gasteiger partial charge in [-0.3, -0.25) is 9.52 Å². The highest BCUT2D eigenvalue weighted by atomic mass is 35.5. The summed E-state index contributed by atoms with van der Waals surface area (Å²) in [7, 11) is -3.73. The number of benzene rings is 2. The van der Waals surface area contributed by atoms with Crippen LogP contribution in [0.5, 0.6) is 0 Å². The minimum Gasteiger partial charge on any atom is -0.322 e. The van der Waals surface area contributed by atoms with Crippen LogP contribution in [0.2, 0.25) is 0 Å². The Hall–Kier alpha value is -2.05. The fourth-order valence-corrected chi connectivity index (χ4v) is 3.11. The Balaban J connectivity index is 2.01. The van der Waals surface area contributed by atoms with Crippen molar-refractivity contribution in [3.63, 3.8) is 0 Å². The van der Waals surface area contributed by atoms with Crippen LogP contribution < -0.4 is 10.0 Å². The van der Waals surface area contributed by atoms with E-state index < -0.39 is 14.2 Å². The summed E-state index contributed by atoms with van der Waals surface area (Å²) in [5.74, 6) is -0.261. The standard InChI is InChI=1S/C20H25ClN2O3S/c1-4-5-6-15-7-11-17(12-8-15)22-19(24)16-9-13-18(14-10-16)23-27(25,26)20(2,3)21/h7-14,23H,4-6H2,1-3H3,(H,22,24). The summed E-state index contributed by atoms with van der Waals surface area (Å²) < 4.78 is 25.1. The minimum absolute atomic E-state index is 0.261. The summed E-state index contributed by atoms with van der Waals surface area (Å²) in [4.78, 5) is 12.4. The molecule has 0 aliphatic carbocycles. The summed E-state index contributed by atoms with van der Waals surface area (Å²) in [5.41, 5.74) is 2.74. The molecule has 1 amide bonds. The number of nitrogens with one attached hydrogen (secondary N) is 2. The Morgan fingerprint density at radius 1 is 1.00 bits per heavy atom. The molecule has 0 aromatic heterocycles.